The predicted octanol–water partition coefficient (Wildman–Crippen LogP) is 5.85. The molecule has 0 bridgehead atoms. The van der Waals surface area contributed by atoms with Gasteiger partial charge < -0.3 is 0 Å². The van der Waals surface area contributed by atoms with E-state index in [9.17, 15) is 0 Å². The van der Waals surface area contributed by atoms with Gasteiger partial charge in [0.1, 0.15) is 0 Å². The summed E-state index contributed by atoms with van der Waals surface area (Å²) in [5, 5.41) is 0. The van der Waals surface area contributed by atoms with Crippen LogP contribution in [0.2, 0.25) is 0 Å². The summed E-state index contributed by atoms with van der Waals surface area (Å²) >= 11 is 4.01. The molecule has 0 N–H and O–H groups in total. The molecule has 1 aromatic rings. The molecule has 18 heavy (non-hydrogen) atoms. The molecule has 0 heterocycles. The Labute approximate surface area is 120 Å². The fourth-order valence-electron chi connectivity index (χ4n) is 3.43. The Morgan fingerprint density at radius 3 is 1.61 bits per heavy atom. The van der Waals surface area contributed by atoms with Gasteiger partial charge in [0.2, 0.25) is 0 Å². The van der Waals surface area contributed by atoms with E-state index in [1.54, 1.807) is 5.56 Å². The predicted molar refractivity (Wildman–Crippen MR) is 83.8 cm³/mol. The summed E-state index contributed by atoms with van der Waals surface area (Å²) < 4.78 is 0. The van der Waals surface area contributed by atoms with Crippen molar-refractivity contribution < 1.29 is 0 Å². The zero-order chi connectivity index (χ0) is 13.4. The van der Waals surface area contributed by atoms with Crippen LogP contribution in [0.25, 0.3) is 0 Å². The minimum Gasteiger partial charge on any atom is -0.0836 e. The van der Waals surface area contributed by atoms with Crippen LogP contribution in [0.1, 0.15) is 63.9 Å². The van der Waals surface area contributed by atoms with Crippen LogP contribution >= 0.6 is 15.9 Å². The Balaban J connectivity index is 2.49. The number of rotatable bonds is 2. The third kappa shape index (κ3) is 2.27. The number of halogens is 1. The Kier molecular flexibility index (Phi) is 4.21. The molecule has 100 valence electrons. The molecule has 0 radical (unpaired) electrons. The summed E-state index contributed by atoms with van der Waals surface area (Å²) in [6.07, 6.45) is 5.60. The molecule has 1 aliphatic rings. The van der Waals surface area contributed by atoms with E-state index in [4.69, 9.17) is 0 Å². The van der Waals surface area contributed by atoms with Crippen LogP contribution < -0.4 is 0 Å². The normalized spacial score (nSPS) is 18.3. The molecular formula is C17H25Br. The third-order valence-corrected chi connectivity index (χ3v) is 6.35. The standard InChI is InChI=1S/C17H25Br/c1-10-11(2)13(4)16(14(5)12(10)3)17(18)15-8-6-7-9-15/h15,17H,6-9H2,1-5H3. The second-order valence-corrected chi connectivity index (χ2v) is 6.97. The molecule has 1 aliphatic carbocycles. The maximum atomic E-state index is 4.01. The number of alkyl halides is 1. The first kappa shape index (κ1) is 14.1. The average Bonchev–Trinajstić information content (AvgIpc) is 2.88. The Morgan fingerprint density at radius 1 is 0.778 bits per heavy atom. The van der Waals surface area contributed by atoms with Crippen LogP contribution in [0.4, 0.5) is 0 Å². The van der Waals surface area contributed by atoms with Gasteiger partial charge in [-0.1, -0.05) is 28.8 Å². The van der Waals surface area contributed by atoms with Gasteiger partial charge in [-0.05, 0) is 86.8 Å². The van der Waals surface area contributed by atoms with Crippen molar-refractivity contribution in [1.29, 1.82) is 0 Å². The quantitative estimate of drug-likeness (QED) is 0.601. The summed E-state index contributed by atoms with van der Waals surface area (Å²) in [4.78, 5) is 0.554. The van der Waals surface area contributed by atoms with E-state index in [0.717, 1.165) is 5.92 Å². The van der Waals surface area contributed by atoms with Crippen molar-refractivity contribution in [2.45, 2.75) is 65.1 Å². The van der Waals surface area contributed by atoms with Crippen molar-refractivity contribution in [2.75, 3.05) is 0 Å². The smallest absolute Gasteiger partial charge is 0.0428 e. The van der Waals surface area contributed by atoms with Gasteiger partial charge in [-0.2, -0.15) is 0 Å². The van der Waals surface area contributed by atoms with Gasteiger partial charge in [-0.15, -0.1) is 0 Å². The fraction of sp³-hybridized carbons (Fsp3) is 0.647. The molecule has 0 spiro atoms. The molecular weight excluding hydrogens is 284 g/mol. The highest BCUT2D eigenvalue weighted by atomic mass is 79.9. The van der Waals surface area contributed by atoms with Crippen molar-refractivity contribution in [1.82, 2.24) is 0 Å². The van der Waals surface area contributed by atoms with Gasteiger partial charge in [-0.25, -0.2) is 0 Å². The van der Waals surface area contributed by atoms with Crippen LogP contribution in [0.5, 0.6) is 0 Å². The molecule has 0 aromatic heterocycles. The first-order valence-electron chi connectivity index (χ1n) is 7.16. The lowest BCUT2D eigenvalue weighted by molar-refractivity contribution is 0.538. The van der Waals surface area contributed by atoms with Crippen LogP contribution in [0.3, 0.4) is 0 Å². The van der Waals surface area contributed by atoms with E-state index < -0.39 is 0 Å². The van der Waals surface area contributed by atoms with E-state index >= 15 is 0 Å². The average molecular weight is 309 g/mol. The summed E-state index contributed by atoms with van der Waals surface area (Å²) in [5.74, 6) is 0.837. The molecule has 1 aromatic carbocycles. The second-order valence-electron chi connectivity index (χ2n) is 5.98. The van der Waals surface area contributed by atoms with E-state index in [1.165, 1.54) is 53.5 Å². The zero-order valence-corrected chi connectivity index (χ0v) is 13.9. The summed E-state index contributed by atoms with van der Waals surface area (Å²) in [6.45, 7) is 11.4. The van der Waals surface area contributed by atoms with Gasteiger partial charge in [0, 0.05) is 4.83 Å². The molecule has 0 nitrogen and oxygen atoms in total. The molecule has 0 amide bonds. The lowest BCUT2D eigenvalue weighted by Gasteiger charge is -2.25. The monoisotopic (exact) mass is 308 g/mol. The number of hydrogen-bond acceptors (Lipinski definition) is 0. The Hall–Kier alpha value is -0.300. The fourth-order valence-corrected chi connectivity index (χ4v) is 4.64. The Bertz CT molecular complexity index is 424. The molecule has 0 aliphatic heterocycles. The van der Waals surface area contributed by atoms with Gasteiger partial charge in [0.25, 0.3) is 0 Å². The van der Waals surface area contributed by atoms with Crippen molar-refractivity contribution in [2.24, 2.45) is 5.92 Å². The van der Waals surface area contributed by atoms with Crippen molar-refractivity contribution in [3.63, 3.8) is 0 Å². The molecule has 1 atom stereocenters. The Morgan fingerprint density at radius 2 is 1.17 bits per heavy atom. The van der Waals surface area contributed by atoms with Crippen molar-refractivity contribution in [3.8, 4) is 0 Å². The zero-order valence-electron chi connectivity index (χ0n) is 12.4. The lowest BCUT2D eigenvalue weighted by atomic mass is 9.85. The molecule has 2 rings (SSSR count). The first-order chi connectivity index (χ1) is 8.45. The highest BCUT2D eigenvalue weighted by Gasteiger charge is 2.27. The van der Waals surface area contributed by atoms with Crippen LogP contribution in [0, 0.1) is 40.5 Å². The third-order valence-electron chi connectivity index (χ3n) is 5.15. The van der Waals surface area contributed by atoms with E-state index in [1.807, 2.05) is 0 Å². The van der Waals surface area contributed by atoms with Gasteiger partial charge in [0.15, 0.2) is 0 Å². The molecule has 1 heteroatoms. The van der Waals surface area contributed by atoms with Crippen LogP contribution in [-0.4, -0.2) is 0 Å². The van der Waals surface area contributed by atoms with E-state index in [-0.39, 0.29) is 0 Å². The van der Waals surface area contributed by atoms with E-state index in [2.05, 4.69) is 50.5 Å². The largest absolute Gasteiger partial charge is 0.0836 e. The highest BCUT2D eigenvalue weighted by molar-refractivity contribution is 9.09. The van der Waals surface area contributed by atoms with Crippen LogP contribution in [-0.2, 0) is 0 Å². The van der Waals surface area contributed by atoms with Gasteiger partial charge in [-0.3, -0.25) is 0 Å². The van der Waals surface area contributed by atoms with Crippen molar-refractivity contribution >= 4 is 15.9 Å². The first-order valence-corrected chi connectivity index (χ1v) is 8.07. The number of benzene rings is 1. The SMILES string of the molecule is Cc1c(C)c(C)c(C(Br)C2CCCC2)c(C)c1C. The molecule has 0 saturated heterocycles. The van der Waals surface area contributed by atoms with Crippen LogP contribution in [0.15, 0.2) is 0 Å². The summed E-state index contributed by atoms with van der Waals surface area (Å²) in [5.41, 5.74) is 9.02. The molecule has 1 saturated carbocycles. The minimum atomic E-state index is 0.554. The number of hydrogen-bond donors (Lipinski definition) is 0. The molecule has 1 unspecified atom stereocenters. The van der Waals surface area contributed by atoms with Gasteiger partial charge in [0.05, 0.1) is 0 Å². The maximum Gasteiger partial charge on any atom is 0.0428 e. The lowest BCUT2D eigenvalue weighted by Crippen LogP contribution is -2.10. The van der Waals surface area contributed by atoms with Gasteiger partial charge >= 0.3 is 0 Å². The topological polar surface area (TPSA) is 0 Å². The minimum absolute atomic E-state index is 0.554. The maximum absolute atomic E-state index is 4.01. The second kappa shape index (κ2) is 5.36. The van der Waals surface area contributed by atoms with Crippen molar-refractivity contribution in [3.05, 3.63) is 33.4 Å². The molecule has 1 fully saturated rings. The summed E-state index contributed by atoms with van der Waals surface area (Å²) in [6, 6.07) is 0. The summed E-state index contributed by atoms with van der Waals surface area (Å²) in [7, 11) is 0. The highest BCUT2D eigenvalue weighted by Crippen LogP contribution is 2.44. The van der Waals surface area contributed by atoms with E-state index in [0.29, 0.717) is 4.83 Å².